The van der Waals surface area contributed by atoms with Crippen molar-refractivity contribution in [2.75, 3.05) is 36.8 Å². The number of benzene rings is 2. The number of aromatic nitrogens is 2. The molecular formula is C21H23BrN4OS. The molecule has 0 spiro atoms. The molecular weight excluding hydrogens is 436 g/mol. The highest BCUT2D eigenvalue weighted by Gasteiger charge is 2.20. The first-order valence-corrected chi connectivity index (χ1v) is 11.3. The lowest BCUT2D eigenvalue weighted by Gasteiger charge is -2.21. The van der Waals surface area contributed by atoms with E-state index in [9.17, 15) is 4.79 Å². The molecule has 1 N–H and O–H groups in total. The summed E-state index contributed by atoms with van der Waals surface area (Å²) in [4.78, 5) is 26.2. The molecule has 0 bridgehead atoms. The Kier molecular flexibility index (Phi) is 6.22. The Labute approximate surface area is 177 Å². The number of imidazole rings is 1. The van der Waals surface area contributed by atoms with Crippen molar-refractivity contribution in [3.63, 3.8) is 0 Å². The number of hydrogen-bond donors (Lipinski definition) is 1. The van der Waals surface area contributed by atoms with Gasteiger partial charge in [0.05, 0.1) is 11.0 Å². The summed E-state index contributed by atoms with van der Waals surface area (Å²) in [6.45, 7) is 3.29. The van der Waals surface area contributed by atoms with Gasteiger partial charge >= 0.3 is 0 Å². The normalized spacial score (nSPS) is 15.0. The lowest BCUT2D eigenvalue weighted by Crippen LogP contribution is -2.35. The molecule has 0 atom stereocenters. The smallest absolute Gasteiger partial charge is 0.223 e. The lowest BCUT2D eigenvalue weighted by molar-refractivity contribution is -0.130. The third-order valence-electron chi connectivity index (χ3n) is 4.92. The van der Waals surface area contributed by atoms with Gasteiger partial charge in [-0.3, -0.25) is 4.79 Å². The molecule has 7 heteroatoms. The van der Waals surface area contributed by atoms with Crippen LogP contribution in [0.1, 0.15) is 12.8 Å². The summed E-state index contributed by atoms with van der Waals surface area (Å²) in [7, 11) is 0. The fourth-order valence-electron chi connectivity index (χ4n) is 3.41. The number of aromatic amines is 1. The topological polar surface area (TPSA) is 52.2 Å². The number of carbonyl (C=O) groups is 1. The molecule has 2 heterocycles. The molecule has 28 heavy (non-hydrogen) atoms. The van der Waals surface area contributed by atoms with Gasteiger partial charge in [-0.05, 0) is 42.8 Å². The van der Waals surface area contributed by atoms with Crippen molar-refractivity contribution < 1.29 is 4.79 Å². The highest BCUT2D eigenvalue weighted by atomic mass is 79.9. The lowest BCUT2D eigenvalue weighted by atomic mass is 10.3. The third kappa shape index (κ3) is 4.70. The fraction of sp³-hybridized carbons (Fsp3) is 0.333. The Hall–Kier alpha value is -1.99. The average molecular weight is 459 g/mol. The number of H-pyrrole nitrogens is 1. The van der Waals surface area contributed by atoms with Crippen molar-refractivity contribution in [3.05, 3.63) is 53.0 Å². The molecule has 0 aliphatic carbocycles. The monoisotopic (exact) mass is 458 g/mol. The highest BCUT2D eigenvalue weighted by Crippen LogP contribution is 2.22. The van der Waals surface area contributed by atoms with Crippen LogP contribution in [0.25, 0.3) is 11.0 Å². The zero-order valence-corrected chi connectivity index (χ0v) is 18.0. The number of anilines is 1. The predicted molar refractivity (Wildman–Crippen MR) is 119 cm³/mol. The second kappa shape index (κ2) is 9.01. The van der Waals surface area contributed by atoms with E-state index in [2.05, 4.69) is 37.9 Å². The van der Waals surface area contributed by atoms with E-state index in [1.165, 1.54) is 4.90 Å². The minimum absolute atomic E-state index is 0.246. The molecule has 0 unspecified atom stereocenters. The predicted octanol–water partition coefficient (Wildman–Crippen LogP) is 4.55. The molecule has 1 aliphatic heterocycles. The maximum atomic E-state index is 12.6. The first-order valence-electron chi connectivity index (χ1n) is 9.55. The molecule has 1 aromatic heterocycles. The number of thioether (sulfide) groups is 1. The van der Waals surface area contributed by atoms with E-state index in [0.29, 0.717) is 6.42 Å². The first kappa shape index (κ1) is 19.3. The second-order valence-electron chi connectivity index (χ2n) is 6.85. The summed E-state index contributed by atoms with van der Waals surface area (Å²) in [5.74, 6) is 1.96. The summed E-state index contributed by atoms with van der Waals surface area (Å²) in [6.07, 6.45) is 1.54. The van der Waals surface area contributed by atoms with Crippen molar-refractivity contribution in [2.45, 2.75) is 17.7 Å². The van der Waals surface area contributed by atoms with E-state index < -0.39 is 0 Å². The van der Waals surface area contributed by atoms with E-state index in [1.54, 1.807) is 11.8 Å². The standard InChI is InChI=1S/C21H23BrN4OS/c22-16-6-8-17(9-7-16)28-15-10-20(27)25-11-3-12-26(14-13-25)21-23-18-4-1-2-5-19(18)24-21/h1-2,4-9H,3,10-15H2,(H,23,24). The number of amides is 1. The van der Waals surface area contributed by atoms with Crippen LogP contribution >= 0.6 is 27.7 Å². The molecule has 146 valence electrons. The SMILES string of the molecule is O=C(CCSc1ccc(Br)cc1)N1CCCN(c2nc3ccccc3[nH]2)CC1. The van der Waals surface area contributed by atoms with E-state index in [1.807, 2.05) is 41.3 Å². The molecule has 5 nitrogen and oxygen atoms in total. The van der Waals surface area contributed by atoms with Gasteiger partial charge in [0.1, 0.15) is 0 Å². The van der Waals surface area contributed by atoms with E-state index in [4.69, 9.17) is 4.98 Å². The average Bonchev–Trinajstić information content (AvgIpc) is 2.98. The summed E-state index contributed by atoms with van der Waals surface area (Å²) in [6, 6.07) is 16.3. The number of halogens is 1. The molecule has 0 saturated carbocycles. The van der Waals surface area contributed by atoms with Gasteiger partial charge in [-0.25, -0.2) is 4.98 Å². The quantitative estimate of drug-likeness (QED) is 0.569. The maximum absolute atomic E-state index is 12.6. The van der Waals surface area contributed by atoms with Gasteiger partial charge in [-0.2, -0.15) is 0 Å². The fourth-order valence-corrected chi connectivity index (χ4v) is 4.52. The minimum Gasteiger partial charge on any atom is -0.341 e. The molecule has 1 saturated heterocycles. The Balaban J connectivity index is 1.29. The van der Waals surface area contributed by atoms with Crippen LogP contribution in [0.3, 0.4) is 0 Å². The Bertz CT molecular complexity index is 910. The van der Waals surface area contributed by atoms with Crippen LogP contribution in [-0.2, 0) is 4.79 Å². The number of hydrogen-bond acceptors (Lipinski definition) is 4. The van der Waals surface area contributed by atoms with Gasteiger partial charge in [0.15, 0.2) is 0 Å². The molecule has 1 amide bonds. The minimum atomic E-state index is 0.246. The molecule has 0 radical (unpaired) electrons. The van der Waals surface area contributed by atoms with Gasteiger partial charge in [0.25, 0.3) is 0 Å². The maximum Gasteiger partial charge on any atom is 0.223 e. The van der Waals surface area contributed by atoms with Crippen molar-refractivity contribution in [3.8, 4) is 0 Å². The van der Waals surface area contributed by atoms with Gasteiger partial charge in [-0.1, -0.05) is 28.1 Å². The number of nitrogens with zero attached hydrogens (tertiary/aromatic N) is 3. The van der Waals surface area contributed by atoms with Crippen LogP contribution < -0.4 is 4.90 Å². The first-order chi connectivity index (χ1) is 13.7. The summed E-state index contributed by atoms with van der Waals surface area (Å²) in [5.41, 5.74) is 2.04. The zero-order chi connectivity index (χ0) is 19.3. The van der Waals surface area contributed by atoms with Crippen LogP contribution in [0.15, 0.2) is 57.9 Å². The largest absolute Gasteiger partial charge is 0.341 e. The van der Waals surface area contributed by atoms with Gasteiger partial charge in [0.2, 0.25) is 11.9 Å². The van der Waals surface area contributed by atoms with Crippen molar-refractivity contribution in [2.24, 2.45) is 0 Å². The van der Waals surface area contributed by atoms with E-state index >= 15 is 0 Å². The van der Waals surface area contributed by atoms with Gasteiger partial charge < -0.3 is 14.8 Å². The van der Waals surface area contributed by atoms with Crippen LogP contribution in [0, 0.1) is 0 Å². The molecule has 1 fully saturated rings. The van der Waals surface area contributed by atoms with Gasteiger partial charge in [0, 0.05) is 47.7 Å². The third-order valence-corrected chi connectivity index (χ3v) is 6.47. The summed E-state index contributed by atoms with van der Waals surface area (Å²) in [5, 5.41) is 0. The zero-order valence-electron chi connectivity index (χ0n) is 15.6. The number of para-hydroxylation sites is 2. The van der Waals surface area contributed by atoms with Crippen LogP contribution in [-0.4, -0.2) is 52.7 Å². The Morgan fingerprint density at radius 1 is 1.07 bits per heavy atom. The van der Waals surface area contributed by atoms with E-state index in [-0.39, 0.29) is 5.91 Å². The number of carbonyl (C=O) groups excluding carboxylic acids is 1. The summed E-state index contributed by atoms with van der Waals surface area (Å²) < 4.78 is 1.08. The summed E-state index contributed by atoms with van der Waals surface area (Å²) >= 11 is 5.18. The Morgan fingerprint density at radius 2 is 1.89 bits per heavy atom. The second-order valence-corrected chi connectivity index (χ2v) is 8.94. The van der Waals surface area contributed by atoms with Crippen LogP contribution in [0.4, 0.5) is 5.95 Å². The molecule has 3 aromatic rings. The van der Waals surface area contributed by atoms with Crippen molar-refractivity contribution in [1.29, 1.82) is 0 Å². The highest BCUT2D eigenvalue weighted by molar-refractivity contribution is 9.10. The molecule has 4 rings (SSSR count). The molecule has 1 aliphatic rings. The number of rotatable bonds is 5. The number of nitrogens with one attached hydrogen (secondary N) is 1. The molecule has 2 aromatic carbocycles. The van der Waals surface area contributed by atoms with E-state index in [0.717, 1.165) is 59.8 Å². The Morgan fingerprint density at radius 3 is 2.71 bits per heavy atom. The van der Waals surface area contributed by atoms with Crippen molar-refractivity contribution >= 4 is 50.6 Å². The van der Waals surface area contributed by atoms with Crippen LogP contribution in [0.2, 0.25) is 0 Å². The van der Waals surface area contributed by atoms with Gasteiger partial charge in [-0.15, -0.1) is 11.8 Å². The van der Waals surface area contributed by atoms with Crippen LogP contribution in [0.5, 0.6) is 0 Å². The van der Waals surface area contributed by atoms with Crippen molar-refractivity contribution in [1.82, 2.24) is 14.9 Å². The number of fused-ring (bicyclic) bond motifs is 1.